The molecule has 24 heteroatoms. The Morgan fingerprint density at radius 2 is 0.786 bits per heavy atom. The van der Waals surface area contributed by atoms with Gasteiger partial charge in [0, 0.05) is 64.8 Å². The highest BCUT2D eigenvalue weighted by molar-refractivity contribution is 6.41. The number of nitrogens with two attached hydrogens (primary N) is 3. The van der Waals surface area contributed by atoms with Gasteiger partial charge < -0.3 is 43.0 Å². The molecule has 84 heavy (non-hydrogen) atoms. The van der Waals surface area contributed by atoms with Crippen LogP contribution in [0.5, 0.6) is 0 Å². The number of rotatable bonds is 9. The molecule has 9 amide bonds. The highest BCUT2D eigenvalue weighted by Gasteiger charge is 2.41. The summed E-state index contributed by atoms with van der Waals surface area (Å²) >= 11 is 18.3. The fraction of sp³-hybridized carbons (Fsp3) is 0.283. The van der Waals surface area contributed by atoms with Crippen LogP contribution in [0.4, 0.5) is 17.1 Å². The maximum Gasteiger partial charge on any atom is 0.316 e. The van der Waals surface area contributed by atoms with Gasteiger partial charge in [-0.05, 0) is 103 Å². The van der Waals surface area contributed by atoms with Crippen LogP contribution in [0, 0.1) is 24.2 Å². The molecule has 6 atom stereocenters. The molecular formula is C60H62Cl3N12O9+. The van der Waals surface area contributed by atoms with E-state index in [0.29, 0.717) is 34.7 Å². The Labute approximate surface area is 500 Å². The van der Waals surface area contributed by atoms with Crippen molar-refractivity contribution in [3.05, 3.63) is 183 Å². The molecule has 6 aromatic rings. The fourth-order valence-electron chi connectivity index (χ4n) is 9.98. The molecular weight excluding hydrogens is 1140 g/mol. The first-order valence-corrected chi connectivity index (χ1v) is 27.9. The van der Waals surface area contributed by atoms with E-state index in [9.17, 15) is 43.2 Å². The second-order valence-corrected chi connectivity index (χ2v) is 22.1. The van der Waals surface area contributed by atoms with Gasteiger partial charge in [0.2, 0.25) is 17.7 Å². The third-order valence-corrected chi connectivity index (χ3v) is 14.8. The number of halogens is 3. The Balaban J connectivity index is 0.000000181. The summed E-state index contributed by atoms with van der Waals surface area (Å²) in [7, 11) is 0. The minimum atomic E-state index is -0.807. The van der Waals surface area contributed by atoms with Crippen molar-refractivity contribution < 1.29 is 43.2 Å². The van der Waals surface area contributed by atoms with Crippen molar-refractivity contribution in [1.82, 2.24) is 29.7 Å². The lowest BCUT2D eigenvalue weighted by Gasteiger charge is -2.38. The van der Waals surface area contributed by atoms with Crippen LogP contribution >= 0.6 is 34.8 Å². The van der Waals surface area contributed by atoms with E-state index >= 15 is 0 Å². The van der Waals surface area contributed by atoms with Gasteiger partial charge in [-0.25, -0.2) is 0 Å². The molecule has 0 bridgehead atoms. The summed E-state index contributed by atoms with van der Waals surface area (Å²) in [4.78, 5) is 126. The summed E-state index contributed by atoms with van der Waals surface area (Å²) in [6, 6.07) is 25.3. The normalized spacial score (nSPS) is 19.0. The largest absolute Gasteiger partial charge is 0.366 e. The number of pyridine rings is 3. The molecule has 9 N–H and O–H groups in total. The second-order valence-electron chi connectivity index (χ2n) is 20.8. The topological polar surface area (TPSA) is 316 Å². The molecule has 3 aliphatic rings. The highest BCUT2D eigenvalue weighted by Crippen LogP contribution is 2.37. The number of aromatic nitrogens is 3. The molecule has 0 unspecified atom stereocenters. The molecule has 6 heterocycles. The van der Waals surface area contributed by atoms with Crippen LogP contribution in [0.2, 0.25) is 15.1 Å². The number of likely N-dealkylation sites (tertiary alicyclic amines) is 3. The lowest BCUT2D eigenvalue weighted by atomic mass is 9.90. The highest BCUT2D eigenvalue weighted by atomic mass is 35.5. The number of nitrogens with one attached hydrogen (secondary N) is 3. The third kappa shape index (κ3) is 16.9. The van der Waals surface area contributed by atoms with Crippen LogP contribution in [-0.2, 0) is 28.8 Å². The number of amides is 9. The molecule has 0 radical (unpaired) electrons. The quantitative estimate of drug-likeness (QED) is 0.0590. The average Bonchev–Trinajstić information content (AvgIpc) is 3.20. The van der Waals surface area contributed by atoms with Crippen molar-refractivity contribution in [3.63, 3.8) is 0 Å². The van der Waals surface area contributed by atoms with Gasteiger partial charge in [0.1, 0.15) is 6.42 Å². The molecule has 3 aliphatic heterocycles. The van der Waals surface area contributed by atoms with E-state index in [1.807, 2.05) is 75.7 Å². The van der Waals surface area contributed by atoms with Crippen molar-refractivity contribution in [3.8, 4) is 0 Å². The van der Waals surface area contributed by atoms with Crippen molar-refractivity contribution in [2.24, 2.45) is 35.0 Å². The zero-order valence-corrected chi connectivity index (χ0v) is 48.3. The van der Waals surface area contributed by atoms with E-state index in [4.69, 9.17) is 52.0 Å². The van der Waals surface area contributed by atoms with Crippen molar-refractivity contribution in [1.29, 1.82) is 0 Å². The third-order valence-electron chi connectivity index (χ3n) is 14.1. The summed E-state index contributed by atoms with van der Waals surface area (Å²) in [5, 5.41) is 9.24. The van der Waals surface area contributed by atoms with E-state index in [1.54, 1.807) is 34.1 Å². The molecule has 3 fully saturated rings. The summed E-state index contributed by atoms with van der Waals surface area (Å²) in [5.74, 6) is -5.53. The van der Waals surface area contributed by atoms with Gasteiger partial charge in [0.25, 0.3) is 0 Å². The number of piperidine rings is 3. The number of anilines is 3. The standard InChI is InChI=1S/2C20H21ClN4O3.C20H19ClN4O3/c3*1-12-5-6-17(13-3-2-4-15(21)7-13)25(11-12)20(28)19(27)24-16-8-14(18(22)26)9-23-10-16/h2*2-4,7-10,12,17H,5-6,11H2,1H3,(H2,22,26)(H,24,27);2-4,6-10,12,17H,5,11H2,1H3,(H2-,22,24,26,27)/p+1/t3*12-,17+/m100/s1. The maximum atomic E-state index is 12.9. The van der Waals surface area contributed by atoms with Gasteiger partial charge in [-0.15, -0.1) is 0 Å². The monoisotopic (exact) mass is 1200 g/mol. The maximum absolute atomic E-state index is 12.9. The molecule has 0 spiro atoms. The number of primary amides is 3. The Bertz CT molecular complexity index is 3110. The van der Waals surface area contributed by atoms with Gasteiger partial charge in [0.05, 0.1) is 70.8 Å². The van der Waals surface area contributed by atoms with E-state index in [0.717, 1.165) is 48.8 Å². The van der Waals surface area contributed by atoms with Crippen molar-refractivity contribution in [2.75, 3.05) is 35.6 Å². The molecule has 3 aromatic heterocycles. The Kier molecular flexibility index (Phi) is 21.5. The van der Waals surface area contributed by atoms with E-state index in [1.165, 1.54) is 60.3 Å². The zero-order valence-electron chi connectivity index (χ0n) is 46.0. The summed E-state index contributed by atoms with van der Waals surface area (Å²) < 4.78 is 0. The number of benzene rings is 3. The van der Waals surface area contributed by atoms with E-state index in [-0.39, 0.29) is 69.6 Å². The molecule has 3 aromatic carbocycles. The lowest BCUT2D eigenvalue weighted by Crippen LogP contribution is -2.46. The first-order valence-electron chi connectivity index (χ1n) is 26.7. The van der Waals surface area contributed by atoms with Crippen LogP contribution in [0.1, 0.15) is 119 Å². The minimum Gasteiger partial charge on any atom is -0.366 e. The number of nitrogens with zero attached hydrogens (tertiary/aromatic N) is 6. The summed E-state index contributed by atoms with van der Waals surface area (Å²) in [6.45, 7) is 7.51. The Morgan fingerprint density at radius 3 is 1.14 bits per heavy atom. The molecule has 3 saturated heterocycles. The van der Waals surface area contributed by atoms with Crippen LogP contribution in [-0.4, -0.2) is 102 Å². The average molecular weight is 1200 g/mol. The SMILES string of the molecule is C[C@@H]1CC[C@@H](c2cccc(Cl)c2)N(C(=O)C(=O)Nc2cncc(C(N)=O)c2)C1.C[C@H]1CC[C@H](c2cccc(Cl)c2)N(C(=O)C(=O)Nc2cncc(C(N)=O)c2)C1.C[C@H]1C[CH+][C@H](c2cccc(Cl)c2)N(C(=O)C(=O)Nc2cncc(C(N)=O)c2)C1. The molecule has 0 aliphatic carbocycles. The zero-order chi connectivity index (χ0) is 60.8. The van der Waals surface area contributed by atoms with Gasteiger partial charge >= 0.3 is 35.4 Å². The molecule has 9 rings (SSSR count). The first kappa shape index (κ1) is 62.7. The fourth-order valence-corrected chi connectivity index (χ4v) is 10.6. The number of hydrogen-bond acceptors (Lipinski definition) is 12. The number of carbonyl (C=O) groups is 9. The van der Waals surface area contributed by atoms with Crippen LogP contribution in [0.25, 0.3) is 0 Å². The molecule has 436 valence electrons. The van der Waals surface area contributed by atoms with Gasteiger partial charge in [-0.1, -0.05) is 92.0 Å². The van der Waals surface area contributed by atoms with Crippen molar-refractivity contribution >= 4 is 105 Å². The van der Waals surface area contributed by atoms with E-state index in [2.05, 4.69) is 30.9 Å². The number of hydrogen-bond donors (Lipinski definition) is 6. The predicted octanol–water partition coefficient (Wildman–Crippen LogP) is 8.13. The second kappa shape index (κ2) is 28.9. The minimum absolute atomic E-state index is 0.141. The predicted molar refractivity (Wildman–Crippen MR) is 317 cm³/mol. The summed E-state index contributed by atoms with van der Waals surface area (Å²) in [5.41, 5.74) is 19.4. The first-order chi connectivity index (χ1) is 40.0. The van der Waals surface area contributed by atoms with Gasteiger partial charge in [0.15, 0.2) is 6.04 Å². The van der Waals surface area contributed by atoms with Crippen LogP contribution in [0.3, 0.4) is 0 Å². The molecule has 21 nitrogen and oxygen atoms in total. The van der Waals surface area contributed by atoms with E-state index < -0.39 is 53.2 Å². The smallest absolute Gasteiger partial charge is 0.316 e. The van der Waals surface area contributed by atoms with Crippen LogP contribution < -0.4 is 33.2 Å². The Morgan fingerprint density at radius 1 is 0.452 bits per heavy atom. The number of carbonyl (C=O) groups excluding carboxylic acids is 9. The van der Waals surface area contributed by atoms with Gasteiger partial charge in [-0.3, -0.25) is 63.0 Å². The van der Waals surface area contributed by atoms with Crippen LogP contribution in [0.15, 0.2) is 128 Å². The molecule has 0 saturated carbocycles. The van der Waals surface area contributed by atoms with Crippen molar-refractivity contribution in [2.45, 2.75) is 71.0 Å². The van der Waals surface area contributed by atoms with Gasteiger partial charge in [-0.2, -0.15) is 0 Å². The lowest BCUT2D eigenvalue weighted by molar-refractivity contribution is -0.146. The summed E-state index contributed by atoms with van der Waals surface area (Å²) in [6.07, 6.45) is 14.2. The Hall–Kier alpha value is -8.92.